The molecule has 0 spiro atoms. The summed E-state index contributed by atoms with van der Waals surface area (Å²) in [4.78, 5) is 27.5. The van der Waals surface area contributed by atoms with Crippen LogP contribution < -0.4 is 14.4 Å². The van der Waals surface area contributed by atoms with Crippen LogP contribution in [0.25, 0.3) is 43.1 Å². The SMILES string of the molecule is COc1ccc(N(c2ccc(OC)cc2)c2ccc3c4ccc5c6c(ccc(c7cccc2c73)c64)C(=O)OC5=O)cc1. The lowest BCUT2D eigenvalue weighted by atomic mass is 9.85. The summed E-state index contributed by atoms with van der Waals surface area (Å²) in [5.41, 5.74) is 3.81. The van der Waals surface area contributed by atoms with Gasteiger partial charge in [-0.25, -0.2) is 9.59 Å². The lowest BCUT2D eigenvalue weighted by Gasteiger charge is -2.28. The van der Waals surface area contributed by atoms with Crippen LogP contribution in [0.2, 0.25) is 0 Å². The first-order chi connectivity index (χ1) is 20.6. The Balaban J connectivity index is 1.45. The minimum atomic E-state index is -0.606. The van der Waals surface area contributed by atoms with Crippen LogP contribution in [0.1, 0.15) is 20.7 Å². The molecule has 42 heavy (non-hydrogen) atoms. The van der Waals surface area contributed by atoms with Gasteiger partial charge in [-0.1, -0.05) is 36.4 Å². The maximum absolute atomic E-state index is 12.7. The fourth-order valence-corrected chi connectivity index (χ4v) is 6.40. The lowest BCUT2D eigenvalue weighted by molar-refractivity contribution is 0.0391. The molecular weight excluding hydrogens is 526 g/mol. The Kier molecular flexibility index (Phi) is 5.15. The summed E-state index contributed by atoms with van der Waals surface area (Å²) in [5, 5.41) is 7.84. The molecule has 0 atom stereocenters. The molecule has 0 saturated carbocycles. The maximum atomic E-state index is 12.7. The summed E-state index contributed by atoms with van der Waals surface area (Å²) >= 11 is 0. The molecule has 1 aliphatic heterocycles. The highest BCUT2D eigenvalue weighted by atomic mass is 16.6. The zero-order valence-corrected chi connectivity index (χ0v) is 22.8. The van der Waals surface area contributed by atoms with Gasteiger partial charge in [-0.15, -0.1) is 0 Å². The van der Waals surface area contributed by atoms with Gasteiger partial charge in [-0.3, -0.25) is 0 Å². The van der Waals surface area contributed by atoms with Gasteiger partial charge in [0.2, 0.25) is 0 Å². The molecule has 0 N–H and O–H groups in total. The molecule has 7 aromatic carbocycles. The predicted octanol–water partition coefficient (Wildman–Crippen LogP) is 8.53. The van der Waals surface area contributed by atoms with E-state index in [0.29, 0.717) is 16.5 Å². The zero-order chi connectivity index (χ0) is 28.5. The number of carbonyl (C=O) groups excluding carboxylic acids is 2. The van der Waals surface area contributed by atoms with E-state index in [-0.39, 0.29) is 0 Å². The van der Waals surface area contributed by atoms with Crippen LogP contribution in [0, 0.1) is 0 Å². The normalized spacial score (nSPS) is 12.8. The van der Waals surface area contributed by atoms with E-state index in [1.165, 1.54) is 0 Å². The van der Waals surface area contributed by atoms with E-state index in [1.807, 2.05) is 60.7 Å². The van der Waals surface area contributed by atoms with Crippen molar-refractivity contribution in [2.24, 2.45) is 0 Å². The number of ether oxygens (including phenoxy) is 3. The van der Waals surface area contributed by atoms with Crippen molar-refractivity contribution < 1.29 is 23.8 Å². The van der Waals surface area contributed by atoms with Crippen LogP contribution in [0.3, 0.4) is 0 Å². The second-order valence-corrected chi connectivity index (χ2v) is 10.3. The number of methoxy groups -OCH3 is 2. The monoisotopic (exact) mass is 549 g/mol. The minimum absolute atomic E-state index is 0.419. The van der Waals surface area contributed by atoms with Crippen molar-refractivity contribution >= 4 is 72.1 Å². The van der Waals surface area contributed by atoms with Crippen LogP contribution in [-0.2, 0) is 4.74 Å². The van der Waals surface area contributed by atoms with Gasteiger partial charge < -0.3 is 19.1 Å². The molecule has 0 unspecified atom stereocenters. The molecule has 0 aliphatic carbocycles. The summed E-state index contributed by atoms with van der Waals surface area (Å²) in [6.07, 6.45) is 0. The molecular formula is C36H23NO5. The third-order valence-corrected chi connectivity index (χ3v) is 8.29. The van der Waals surface area contributed by atoms with Crippen molar-refractivity contribution in [1.82, 2.24) is 0 Å². The summed E-state index contributed by atoms with van der Waals surface area (Å²) in [6, 6.07) is 34.1. The van der Waals surface area contributed by atoms with Gasteiger partial charge in [-0.2, -0.15) is 0 Å². The number of cyclic esters (lactones) is 2. The molecule has 0 saturated heterocycles. The van der Waals surface area contributed by atoms with E-state index >= 15 is 0 Å². The Morgan fingerprint density at radius 3 is 1.52 bits per heavy atom. The lowest BCUT2D eigenvalue weighted by Crippen LogP contribution is -2.19. The quantitative estimate of drug-likeness (QED) is 0.0928. The zero-order valence-electron chi connectivity index (χ0n) is 22.8. The van der Waals surface area contributed by atoms with E-state index in [0.717, 1.165) is 66.3 Å². The van der Waals surface area contributed by atoms with Crippen LogP contribution in [0.15, 0.2) is 103 Å². The summed E-state index contributed by atoms with van der Waals surface area (Å²) < 4.78 is 15.9. The van der Waals surface area contributed by atoms with E-state index in [1.54, 1.807) is 26.4 Å². The van der Waals surface area contributed by atoms with E-state index in [2.05, 4.69) is 35.2 Å². The van der Waals surface area contributed by atoms with Gasteiger partial charge in [0.1, 0.15) is 11.5 Å². The van der Waals surface area contributed by atoms with Crippen LogP contribution in [0.5, 0.6) is 11.5 Å². The van der Waals surface area contributed by atoms with Gasteiger partial charge in [-0.05, 0) is 99.0 Å². The van der Waals surface area contributed by atoms with Crippen LogP contribution in [0.4, 0.5) is 17.1 Å². The Bertz CT molecular complexity index is 2100. The molecule has 202 valence electrons. The number of anilines is 3. The number of fused-ring (bicyclic) bond motifs is 2. The molecule has 0 amide bonds. The highest BCUT2D eigenvalue weighted by Gasteiger charge is 2.30. The number of rotatable bonds is 5. The van der Waals surface area contributed by atoms with Crippen molar-refractivity contribution in [3.8, 4) is 11.5 Å². The topological polar surface area (TPSA) is 65.1 Å². The first kappa shape index (κ1) is 24.2. The van der Waals surface area contributed by atoms with Crippen molar-refractivity contribution in [3.63, 3.8) is 0 Å². The maximum Gasteiger partial charge on any atom is 0.346 e. The van der Waals surface area contributed by atoms with E-state index in [4.69, 9.17) is 14.2 Å². The van der Waals surface area contributed by atoms with Gasteiger partial charge in [0.25, 0.3) is 0 Å². The van der Waals surface area contributed by atoms with Crippen LogP contribution >= 0.6 is 0 Å². The number of benzene rings is 7. The number of hydrogen-bond donors (Lipinski definition) is 0. The highest BCUT2D eigenvalue weighted by molar-refractivity contribution is 6.38. The first-order valence-corrected chi connectivity index (χ1v) is 13.6. The molecule has 1 heterocycles. The Hall–Kier alpha value is -5.62. The fourth-order valence-electron chi connectivity index (χ4n) is 6.40. The molecule has 6 nitrogen and oxygen atoms in total. The second kappa shape index (κ2) is 8.94. The average Bonchev–Trinajstić information content (AvgIpc) is 3.03. The highest BCUT2D eigenvalue weighted by Crippen LogP contribution is 2.47. The molecule has 8 rings (SSSR count). The third-order valence-electron chi connectivity index (χ3n) is 8.29. The molecule has 6 heteroatoms. The Morgan fingerprint density at radius 2 is 0.976 bits per heavy atom. The largest absolute Gasteiger partial charge is 0.497 e. The van der Waals surface area contributed by atoms with Crippen molar-refractivity contribution in [3.05, 3.63) is 114 Å². The van der Waals surface area contributed by atoms with Crippen molar-refractivity contribution in [2.45, 2.75) is 0 Å². The first-order valence-electron chi connectivity index (χ1n) is 13.6. The van der Waals surface area contributed by atoms with Gasteiger partial charge in [0, 0.05) is 22.1 Å². The van der Waals surface area contributed by atoms with Crippen molar-refractivity contribution in [1.29, 1.82) is 0 Å². The van der Waals surface area contributed by atoms with Crippen LogP contribution in [-0.4, -0.2) is 26.2 Å². The van der Waals surface area contributed by atoms with E-state index in [9.17, 15) is 9.59 Å². The number of nitrogens with zero attached hydrogens (tertiary/aromatic N) is 1. The summed E-state index contributed by atoms with van der Waals surface area (Å²) in [5.74, 6) is 0.351. The Morgan fingerprint density at radius 1 is 0.500 bits per heavy atom. The molecule has 0 fully saturated rings. The number of hydrogen-bond acceptors (Lipinski definition) is 6. The molecule has 1 aliphatic rings. The number of esters is 2. The van der Waals surface area contributed by atoms with Gasteiger partial charge in [0.05, 0.1) is 31.0 Å². The third kappa shape index (κ3) is 3.32. The average molecular weight is 550 g/mol. The number of carbonyl (C=O) groups is 2. The fraction of sp³-hybridized carbons (Fsp3) is 0.0556. The van der Waals surface area contributed by atoms with Gasteiger partial charge in [0.15, 0.2) is 0 Å². The van der Waals surface area contributed by atoms with Crippen molar-refractivity contribution in [2.75, 3.05) is 19.1 Å². The molecule has 0 radical (unpaired) electrons. The predicted molar refractivity (Wildman–Crippen MR) is 165 cm³/mol. The second-order valence-electron chi connectivity index (χ2n) is 10.3. The van der Waals surface area contributed by atoms with E-state index < -0.39 is 11.9 Å². The summed E-state index contributed by atoms with van der Waals surface area (Å²) in [7, 11) is 3.32. The smallest absolute Gasteiger partial charge is 0.346 e. The minimum Gasteiger partial charge on any atom is -0.497 e. The Labute approximate surface area is 240 Å². The molecule has 0 bridgehead atoms. The summed E-state index contributed by atoms with van der Waals surface area (Å²) in [6.45, 7) is 0. The molecule has 7 aromatic rings. The standard InChI is InChI=1S/C36H23NO5/c1-40-22-10-6-20(7-11-22)37(21-8-12-23(41-2)13-9-21)31-19-18-25-27-15-17-30-34-29(35(38)42-36(30)39)16-14-26(33(27)34)24-4-3-5-28(31)32(24)25/h3-19H,1-2H3. The van der Waals surface area contributed by atoms with Gasteiger partial charge >= 0.3 is 11.9 Å². The molecule has 0 aromatic heterocycles.